The van der Waals surface area contributed by atoms with Gasteiger partial charge in [0.2, 0.25) is 0 Å². The van der Waals surface area contributed by atoms with Crippen LogP contribution in [-0.4, -0.2) is 24.6 Å². The molecule has 1 fully saturated rings. The first-order chi connectivity index (χ1) is 7.70. The van der Waals surface area contributed by atoms with E-state index in [-0.39, 0.29) is 0 Å². The number of anilines is 1. The molecule has 16 heavy (non-hydrogen) atoms. The summed E-state index contributed by atoms with van der Waals surface area (Å²) >= 11 is 0. The number of nitrogens with two attached hydrogens (primary N) is 1. The predicted molar refractivity (Wildman–Crippen MR) is 67.7 cm³/mol. The van der Waals surface area contributed by atoms with Crippen LogP contribution >= 0.6 is 0 Å². The van der Waals surface area contributed by atoms with Crippen molar-refractivity contribution in [3.05, 3.63) is 23.5 Å². The van der Waals surface area contributed by atoms with Gasteiger partial charge in [0.1, 0.15) is 0 Å². The predicted octanol–water partition coefficient (Wildman–Crippen LogP) is 1.87. The number of nitrogens with zero attached hydrogens (tertiary/aromatic N) is 2. The summed E-state index contributed by atoms with van der Waals surface area (Å²) in [5.41, 5.74) is 9.47. The van der Waals surface area contributed by atoms with E-state index in [0.717, 1.165) is 25.3 Å². The van der Waals surface area contributed by atoms with E-state index in [1.54, 1.807) is 0 Å². The first kappa shape index (κ1) is 11.4. The molecule has 0 radical (unpaired) electrons. The van der Waals surface area contributed by atoms with Gasteiger partial charge in [0.05, 0.1) is 0 Å². The van der Waals surface area contributed by atoms with Crippen LogP contribution in [0.1, 0.15) is 24.1 Å². The summed E-state index contributed by atoms with van der Waals surface area (Å²) in [7, 11) is 0. The van der Waals surface area contributed by atoms with Gasteiger partial charge in [-0.3, -0.25) is 4.98 Å². The Morgan fingerprint density at radius 2 is 2.31 bits per heavy atom. The largest absolute Gasteiger partial charge is 0.371 e. The van der Waals surface area contributed by atoms with Crippen LogP contribution in [0.5, 0.6) is 0 Å². The van der Waals surface area contributed by atoms with Gasteiger partial charge in [-0.2, -0.15) is 0 Å². The summed E-state index contributed by atoms with van der Waals surface area (Å²) in [6.45, 7) is 7.24. The van der Waals surface area contributed by atoms with Crippen molar-refractivity contribution in [3.63, 3.8) is 0 Å². The Bertz CT molecular complexity index is 362. The number of rotatable bonds is 2. The average molecular weight is 219 g/mol. The molecule has 0 amide bonds. The van der Waals surface area contributed by atoms with Crippen LogP contribution in [-0.2, 0) is 0 Å². The third kappa shape index (κ3) is 2.35. The van der Waals surface area contributed by atoms with Crippen LogP contribution in [0.4, 0.5) is 5.69 Å². The Kier molecular flexibility index (Phi) is 3.44. The number of aryl methyl sites for hydroxylation is 2. The van der Waals surface area contributed by atoms with E-state index in [0.29, 0.717) is 5.92 Å². The van der Waals surface area contributed by atoms with Crippen molar-refractivity contribution in [2.24, 2.45) is 11.7 Å². The summed E-state index contributed by atoms with van der Waals surface area (Å²) in [5.74, 6) is 0.654. The molecular formula is C13H21N3. The summed E-state index contributed by atoms with van der Waals surface area (Å²) in [4.78, 5) is 6.79. The second kappa shape index (κ2) is 4.83. The highest BCUT2D eigenvalue weighted by atomic mass is 15.1. The first-order valence-electron chi connectivity index (χ1n) is 6.09. The fourth-order valence-corrected chi connectivity index (χ4v) is 2.43. The molecule has 1 aromatic rings. The zero-order valence-electron chi connectivity index (χ0n) is 10.2. The van der Waals surface area contributed by atoms with Gasteiger partial charge in [0.25, 0.3) is 0 Å². The summed E-state index contributed by atoms with van der Waals surface area (Å²) < 4.78 is 0. The zero-order chi connectivity index (χ0) is 11.5. The van der Waals surface area contributed by atoms with Crippen molar-refractivity contribution in [2.75, 3.05) is 24.5 Å². The molecule has 2 heterocycles. The van der Waals surface area contributed by atoms with Crippen LogP contribution in [0.3, 0.4) is 0 Å². The van der Waals surface area contributed by atoms with E-state index < -0.39 is 0 Å². The molecule has 3 nitrogen and oxygen atoms in total. The Morgan fingerprint density at radius 1 is 1.50 bits per heavy atom. The molecular weight excluding hydrogens is 198 g/mol. The number of aromatic nitrogens is 1. The van der Waals surface area contributed by atoms with Gasteiger partial charge in [0, 0.05) is 30.7 Å². The van der Waals surface area contributed by atoms with Crippen molar-refractivity contribution < 1.29 is 0 Å². The van der Waals surface area contributed by atoms with Crippen LogP contribution < -0.4 is 10.6 Å². The summed E-state index contributed by atoms with van der Waals surface area (Å²) in [6, 6.07) is 2.19. The molecule has 1 aliphatic rings. The first-order valence-corrected chi connectivity index (χ1v) is 6.09. The Labute approximate surface area is 97.7 Å². The van der Waals surface area contributed by atoms with E-state index in [2.05, 4.69) is 22.9 Å². The molecule has 1 atom stereocenters. The Hall–Kier alpha value is -1.09. The van der Waals surface area contributed by atoms with Crippen LogP contribution in [0.25, 0.3) is 0 Å². The second-order valence-corrected chi connectivity index (χ2v) is 4.80. The summed E-state index contributed by atoms with van der Waals surface area (Å²) in [6.07, 6.45) is 4.50. The van der Waals surface area contributed by atoms with E-state index in [4.69, 9.17) is 5.73 Å². The highest BCUT2D eigenvalue weighted by Gasteiger charge is 2.20. The Morgan fingerprint density at radius 3 is 3.06 bits per heavy atom. The molecule has 2 rings (SSSR count). The smallest absolute Gasteiger partial charge is 0.0429 e. The van der Waals surface area contributed by atoms with Crippen molar-refractivity contribution in [1.29, 1.82) is 0 Å². The SMILES string of the molecule is Cc1cc(N2CCCC(CN)C2)c(C)cn1. The number of hydrogen-bond acceptors (Lipinski definition) is 3. The lowest BCUT2D eigenvalue weighted by Crippen LogP contribution is -2.38. The minimum absolute atomic E-state index is 0.654. The Balaban J connectivity index is 2.19. The fraction of sp³-hybridized carbons (Fsp3) is 0.615. The quantitative estimate of drug-likeness (QED) is 0.825. The van der Waals surface area contributed by atoms with Crippen molar-refractivity contribution in [1.82, 2.24) is 4.98 Å². The molecule has 0 aromatic carbocycles. The lowest BCUT2D eigenvalue weighted by Gasteiger charge is -2.34. The normalized spacial score (nSPS) is 21.2. The van der Waals surface area contributed by atoms with Crippen LogP contribution in [0, 0.1) is 19.8 Å². The van der Waals surface area contributed by atoms with E-state index in [9.17, 15) is 0 Å². The third-order valence-electron chi connectivity index (χ3n) is 3.40. The standard InChI is InChI=1S/C13H21N3/c1-10-8-15-11(2)6-13(10)16-5-3-4-12(7-14)9-16/h6,8,12H,3-5,7,9,14H2,1-2H3. The zero-order valence-corrected chi connectivity index (χ0v) is 10.2. The molecule has 88 valence electrons. The maximum Gasteiger partial charge on any atom is 0.0429 e. The van der Waals surface area contributed by atoms with Gasteiger partial charge in [0.15, 0.2) is 0 Å². The van der Waals surface area contributed by atoms with E-state index in [1.165, 1.54) is 24.1 Å². The fourth-order valence-electron chi connectivity index (χ4n) is 2.43. The summed E-state index contributed by atoms with van der Waals surface area (Å²) in [5, 5.41) is 0. The highest BCUT2D eigenvalue weighted by molar-refractivity contribution is 5.53. The maximum atomic E-state index is 5.77. The number of piperidine rings is 1. The van der Waals surface area contributed by atoms with Gasteiger partial charge >= 0.3 is 0 Å². The van der Waals surface area contributed by atoms with Gasteiger partial charge in [-0.1, -0.05) is 0 Å². The molecule has 1 saturated heterocycles. The minimum atomic E-state index is 0.654. The molecule has 1 unspecified atom stereocenters. The number of hydrogen-bond donors (Lipinski definition) is 1. The van der Waals surface area contributed by atoms with Gasteiger partial charge in [-0.25, -0.2) is 0 Å². The van der Waals surface area contributed by atoms with Crippen molar-refractivity contribution in [3.8, 4) is 0 Å². The highest BCUT2D eigenvalue weighted by Crippen LogP contribution is 2.25. The number of pyridine rings is 1. The third-order valence-corrected chi connectivity index (χ3v) is 3.40. The second-order valence-electron chi connectivity index (χ2n) is 4.80. The maximum absolute atomic E-state index is 5.77. The van der Waals surface area contributed by atoms with Gasteiger partial charge in [-0.05, 0) is 50.8 Å². The molecule has 1 aliphatic heterocycles. The molecule has 0 aliphatic carbocycles. The van der Waals surface area contributed by atoms with Gasteiger partial charge in [-0.15, -0.1) is 0 Å². The molecule has 3 heteroatoms. The molecule has 2 N–H and O–H groups in total. The molecule has 0 saturated carbocycles. The molecule has 0 spiro atoms. The molecule has 0 bridgehead atoms. The lowest BCUT2D eigenvalue weighted by molar-refractivity contribution is 0.423. The van der Waals surface area contributed by atoms with Gasteiger partial charge < -0.3 is 10.6 Å². The van der Waals surface area contributed by atoms with E-state index >= 15 is 0 Å². The lowest BCUT2D eigenvalue weighted by atomic mass is 9.97. The van der Waals surface area contributed by atoms with Crippen LogP contribution in [0.15, 0.2) is 12.3 Å². The average Bonchev–Trinajstić information content (AvgIpc) is 2.32. The van der Waals surface area contributed by atoms with Crippen molar-refractivity contribution >= 4 is 5.69 Å². The monoisotopic (exact) mass is 219 g/mol. The molecule has 1 aromatic heterocycles. The minimum Gasteiger partial charge on any atom is -0.371 e. The van der Waals surface area contributed by atoms with E-state index in [1.807, 2.05) is 13.1 Å². The van der Waals surface area contributed by atoms with Crippen LogP contribution in [0.2, 0.25) is 0 Å². The van der Waals surface area contributed by atoms with Crippen molar-refractivity contribution in [2.45, 2.75) is 26.7 Å². The topological polar surface area (TPSA) is 42.1 Å².